The minimum absolute atomic E-state index is 0.256. The third kappa shape index (κ3) is 6.57. The van der Waals surface area contributed by atoms with Crippen LogP contribution in [-0.4, -0.2) is 36.2 Å². The number of carbonyl (C=O) groups is 2. The van der Waals surface area contributed by atoms with Crippen molar-refractivity contribution in [2.75, 3.05) is 23.8 Å². The van der Waals surface area contributed by atoms with Gasteiger partial charge < -0.3 is 20.7 Å². The SMILES string of the molecule is C[C@H]1CCCC[C@H]1OCCNC(=O)Nc1cccc(NC(=O)c2cccnc2)c1. The maximum atomic E-state index is 12.2. The maximum Gasteiger partial charge on any atom is 0.319 e. The van der Waals surface area contributed by atoms with Gasteiger partial charge in [-0.05, 0) is 49.1 Å². The minimum Gasteiger partial charge on any atom is -0.376 e. The standard InChI is InChI=1S/C22H28N4O3/c1-16-6-2-3-10-20(16)29-13-12-24-22(28)26-19-9-4-8-18(14-19)25-21(27)17-7-5-11-23-15-17/h4-5,7-9,11,14-16,20H,2-3,6,10,12-13H2,1H3,(H,25,27)(H2,24,26,28)/t16-,20+/m0/s1. The lowest BCUT2D eigenvalue weighted by molar-refractivity contribution is -0.00232. The zero-order valence-electron chi connectivity index (χ0n) is 16.7. The van der Waals surface area contributed by atoms with E-state index >= 15 is 0 Å². The molecule has 1 saturated carbocycles. The molecule has 0 radical (unpaired) electrons. The van der Waals surface area contributed by atoms with Crippen molar-refractivity contribution in [3.63, 3.8) is 0 Å². The number of amides is 3. The molecule has 0 aliphatic heterocycles. The molecule has 1 aliphatic rings. The highest BCUT2D eigenvalue weighted by atomic mass is 16.5. The molecule has 1 fully saturated rings. The zero-order chi connectivity index (χ0) is 20.5. The van der Waals surface area contributed by atoms with Crippen molar-refractivity contribution in [1.82, 2.24) is 10.3 Å². The van der Waals surface area contributed by atoms with E-state index in [0.717, 1.165) is 6.42 Å². The van der Waals surface area contributed by atoms with E-state index in [2.05, 4.69) is 27.9 Å². The molecule has 1 heterocycles. The predicted molar refractivity (Wildman–Crippen MR) is 113 cm³/mol. The van der Waals surface area contributed by atoms with E-state index in [-0.39, 0.29) is 11.9 Å². The molecule has 0 spiro atoms. The van der Waals surface area contributed by atoms with Gasteiger partial charge in [-0.3, -0.25) is 9.78 Å². The van der Waals surface area contributed by atoms with Crippen molar-refractivity contribution in [3.05, 3.63) is 54.4 Å². The molecule has 3 N–H and O–H groups in total. The Labute approximate surface area is 171 Å². The quantitative estimate of drug-likeness (QED) is 0.616. The maximum absolute atomic E-state index is 12.2. The number of benzene rings is 1. The molecule has 3 amide bonds. The van der Waals surface area contributed by atoms with Crippen LogP contribution in [0.5, 0.6) is 0 Å². The van der Waals surface area contributed by atoms with Crippen LogP contribution in [0.1, 0.15) is 43.0 Å². The van der Waals surface area contributed by atoms with E-state index in [1.807, 2.05) is 0 Å². The molecular weight excluding hydrogens is 368 g/mol. The molecule has 2 atom stereocenters. The molecule has 1 aromatic heterocycles. The molecule has 1 aliphatic carbocycles. The lowest BCUT2D eigenvalue weighted by atomic mass is 9.88. The first-order valence-corrected chi connectivity index (χ1v) is 10.1. The zero-order valence-corrected chi connectivity index (χ0v) is 16.7. The van der Waals surface area contributed by atoms with Crippen molar-refractivity contribution in [1.29, 1.82) is 0 Å². The topological polar surface area (TPSA) is 92.4 Å². The summed E-state index contributed by atoms with van der Waals surface area (Å²) in [5, 5.41) is 8.37. The van der Waals surface area contributed by atoms with Gasteiger partial charge in [0.05, 0.1) is 18.3 Å². The van der Waals surface area contributed by atoms with Gasteiger partial charge in [-0.25, -0.2) is 4.79 Å². The van der Waals surface area contributed by atoms with Gasteiger partial charge >= 0.3 is 6.03 Å². The molecule has 0 unspecified atom stereocenters. The number of urea groups is 1. The number of anilines is 2. The molecule has 7 heteroatoms. The monoisotopic (exact) mass is 396 g/mol. The van der Waals surface area contributed by atoms with Crippen LogP contribution in [-0.2, 0) is 4.74 Å². The molecule has 154 valence electrons. The van der Waals surface area contributed by atoms with Crippen molar-refractivity contribution in [2.45, 2.75) is 38.7 Å². The predicted octanol–water partition coefficient (Wildman–Crippen LogP) is 4.05. The average molecular weight is 396 g/mol. The third-order valence-electron chi connectivity index (χ3n) is 5.05. The van der Waals surface area contributed by atoms with Crippen LogP contribution >= 0.6 is 0 Å². The number of nitrogens with one attached hydrogen (secondary N) is 3. The van der Waals surface area contributed by atoms with Gasteiger partial charge in [-0.2, -0.15) is 0 Å². The van der Waals surface area contributed by atoms with Gasteiger partial charge in [0, 0.05) is 30.3 Å². The highest BCUT2D eigenvalue weighted by Crippen LogP contribution is 2.26. The first-order valence-electron chi connectivity index (χ1n) is 10.1. The smallest absolute Gasteiger partial charge is 0.319 e. The fraction of sp³-hybridized carbons (Fsp3) is 0.409. The van der Waals surface area contributed by atoms with E-state index in [1.54, 1.807) is 42.6 Å². The second kappa shape index (κ2) is 10.6. The van der Waals surface area contributed by atoms with Gasteiger partial charge in [0.2, 0.25) is 0 Å². The fourth-order valence-electron chi connectivity index (χ4n) is 3.46. The first-order chi connectivity index (χ1) is 14.1. The Kier molecular flexibility index (Phi) is 7.58. The van der Waals surface area contributed by atoms with Crippen LogP contribution in [0.25, 0.3) is 0 Å². The molecular formula is C22H28N4O3. The van der Waals surface area contributed by atoms with E-state index < -0.39 is 0 Å². The van der Waals surface area contributed by atoms with Gasteiger partial charge in [-0.15, -0.1) is 0 Å². The molecule has 0 saturated heterocycles. The van der Waals surface area contributed by atoms with E-state index in [9.17, 15) is 9.59 Å². The fourth-order valence-corrected chi connectivity index (χ4v) is 3.46. The molecule has 0 bridgehead atoms. The number of aromatic nitrogens is 1. The number of rotatable bonds is 7. The van der Waals surface area contributed by atoms with E-state index in [0.29, 0.717) is 42.1 Å². The van der Waals surface area contributed by atoms with Crippen LogP contribution < -0.4 is 16.0 Å². The van der Waals surface area contributed by atoms with Crippen LogP contribution in [0.4, 0.5) is 16.2 Å². The second-order valence-corrected chi connectivity index (χ2v) is 7.33. The lowest BCUT2D eigenvalue weighted by Crippen LogP contribution is -2.34. The van der Waals surface area contributed by atoms with Crippen LogP contribution in [0.3, 0.4) is 0 Å². The van der Waals surface area contributed by atoms with Crippen molar-refractivity contribution >= 4 is 23.3 Å². The number of carbonyl (C=O) groups excluding carboxylic acids is 2. The summed E-state index contributed by atoms with van der Waals surface area (Å²) >= 11 is 0. The Balaban J connectivity index is 1.42. The van der Waals surface area contributed by atoms with Gasteiger partial charge in [0.1, 0.15) is 0 Å². The number of pyridine rings is 1. The van der Waals surface area contributed by atoms with Crippen LogP contribution in [0, 0.1) is 5.92 Å². The van der Waals surface area contributed by atoms with Crippen molar-refractivity contribution < 1.29 is 14.3 Å². The number of nitrogens with zero attached hydrogens (tertiary/aromatic N) is 1. The first kappa shape index (κ1) is 20.8. The summed E-state index contributed by atoms with van der Waals surface area (Å²) in [6, 6.07) is 10.1. The van der Waals surface area contributed by atoms with Gasteiger partial charge in [0.25, 0.3) is 5.91 Å². The third-order valence-corrected chi connectivity index (χ3v) is 5.05. The van der Waals surface area contributed by atoms with Crippen molar-refractivity contribution in [2.24, 2.45) is 5.92 Å². The van der Waals surface area contributed by atoms with E-state index in [4.69, 9.17) is 4.74 Å². The number of hydrogen-bond acceptors (Lipinski definition) is 4. The molecule has 1 aromatic carbocycles. The van der Waals surface area contributed by atoms with Crippen molar-refractivity contribution in [3.8, 4) is 0 Å². The summed E-state index contributed by atoms with van der Waals surface area (Å²) < 4.78 is 5.91. The Bertz CT molecular complexity index is 813. The highest BCUT2D eigenvalue weighted by molar-refractivity contribution is 6.04. The van der Waals surface area contributed by atoms with Gasteiger partial charge in [-0.1, -0.05) is 25.8 Å². The molecule has 7 nitrogen and oxygen atoms in total. The molecule has 3 rings (SSSR count). The Morgan fingerprint density at radius 3 is 2.66 bits per heavy atom. The summed E-state index contributed by atoms with van der Waals surface area (Å²) in [5.41, 5.74) is 1.65. The Morgan fingerprint density at radius 1 is 1.10 bits per heavy atom. The Morgan fingerprint density at radius 2 is 1.90 bits per heavy atom. The van der Waals surface area contributed by atoms with Crippen LogP contribution in [0.2, 0.25) is 0 Å². The molecule has 29 heavy (non-hydrogen) atoms. The normalized spacial score (nSPS) is 18.7. The summed E-state index contributed by atoms with van der Waals surface area (Å²) in [5.74, 6) is 0.330. The minimum atomic E-state index is -0.305. The average Bonchev–Trinajstić information content (AvgIpc) is 2.73. The Hall–Kier alpha value is -2.93. The number of hydrogen-bond donors (Lipinski definition) is 3. The lowest BCUT2D eigenvalue weighted by Gasteiger charge is -2.28. The largest absolute Gasteiger partial charge is 0.376 e. The van der Waals surface area contributed by atoms with Gasteiger partial charge in [0.15, 0.2) is 0 Å². The number of ether oxygens (including phenoxy) is 1. The molecule has 2 aromatic rings. The van der Waals surface area contributed by atoms with Crippen LogP contribution in [0.15, 0.2) is 48.8 Å². The summed E-state index contributed by atoms with van der Waals surface area (Å²) in [6.45, 7) is 3.18. The highest BCUT2D eigenvalue weighted by Gasteiger charge is 2.21. The summed E-state index contributed by atoms with van der Waals surface area (Å²) in [6.07, 6.45) is 8.23. The van der Waals surface area contributed by atoms with E-state index in [1.165, 1.54) is 25.5 Å². The summed E-state index contributed by atoms with van der Waals surface area (Å²) in [4.78, 5) is 28.3. The second-order valence-electron chi connectivity index (χ2n) is 7.33. The summed E-state index contributed by atoms with van der Waals surface area (Å²) in [7, 11) is 0.